The summed E-state index contributed by atoms with van der Waals surface area (Å²) < 4.78 is 17.9. The second-order valence-electron chi connectivity index (χ2n) is 8.39. The lowest BCUT2D eigenvalue weighted by Gasteiger charge is -2.38. The minimum atomic E-state index is -0.265. The zero-order valence-electron chi connectivity index (χ0n) is 17.9. The lowest BCUT2D eigenvalue weighted by molar-refractivity contribution is -0.122. The van der Waals surface area contributed by atoms with Crippen LogP contribution in [0, 0.1) is 6.92 Å². The molecule has 32 heavy (non-hydrogen) atoms. The fraction of sp³-hybridized carbons (Fsp3) is 0.375. The number of hydrogen-bond acceptors (Lipinski definition) is 6. The molecule has 0 unspecified atom stereocenters. The Labute approximate surface area is 185 Å². The molecule has 0 spiro atoms. The molecule has 3 heterocycles. The maximum absolute atomic E-state index is 12.8. The second-order valence-corrected chi connectivity index (χ2v) is 8.39. The molecular formula is C24H25N3O5. The molecule has 2 aliphatic heterocycles. The number of nitrogens with one attached hydrogen (secondary N) is 1. The molecule has 0 bridgehead atoms. The van der Waals surface area contributed by atoms with Gasteiger partial charge in [-0.25, -0.2) is 4.98 Å². The summed E-state index contributed by atoms with van der Waals surface area (Å²) >= 11 is 0. The Morgan fingerprint density at radius 1 is 1.16 bits per heavy atom. The minimum Gasteiger partial charge on any atom is -0.454 e. The summed E-state index contributed by atoms with van der Waals surface area (Å²) in [5.74, 6) is 1.23. The van der Waals surface area contributed by atoms with Crippen molar-refractivity contribution in [3.8, 4) is 11.5 Å². The van der Waals surface area contributed by atoms with Crippen LogP contribution in [0.2, 0.25) is 0 Å². The average Bonchev–Trinajstić information content (AvgIpc) is 3.29. The smallest absolute Gasteiger partial charge is 0.261 e. The third-order valence-corrected chi connectivity index (χ3v) is 6.43. The highest BCUT2D eigenvalue weighted by atomic mass is 16.7. The molecular weight excluding hydrogens is 410 g/mol. The van der Waals surface area contributed by atoms with Crippen molar-refractivity contribution in [2.24, 2.45) is 0 Å². The fourth-order valence-corrected chi connectivity index (χ4v) is 4.48. The van der Waals surface area contributed by atoms with E-state index in [1.165, 1.54) is 10.9 Å². The molecule has 2 aliphatic rings. The first-order valence-corrected chi connectivity index (χ1v) is 10.8. The molecule has 1 amide bonds. The first kappa shape index (κ1) is 20.5. The Morgan fingerprint density at radius 2 is 1.97 bits per heavy atom. The number of aryl methyl sites for hydroxylation is 1. The van der Waals surface area contributed by atoms with Crippen LogP contribution < -0.4 is 20.3 Å². The van der Waals surface area contributed by atoms with E-state index in [1.54, 1.807) is 6.07 Å². The average molecular weight is 435 g/mol. The van der Waals surface area contributed by atoms with Gasteiger partial charge in [0.2, 0.25) is 12.7 Å². The van der Waals surface area contributed by atoms with Crippen LogP contribution in [-0.2, 0) is 21.5 Å². The Balaban J connectivity index is 1.34. The lowest BCUT2D eigenvalue weighted by Crippen LogP contribution is -2.45. The number of carbonyl (C=O) groups excluding carboxylic acids is 1. The van der Waals surface area contributed by atoms with E-state index in [9.17, 15) is 9.59 Å². The summed E-state index contributed by atoms with van der Waals surface area (Å²) in [6, 6.07) is 11.4. The molecule has 0 atom stereocenters. The molecule has 0 radical (unpaired) electrons. The second kappa shape index (κ2) is 8.27. The van der Waals surface area contributed by atoms with Gasteiger partial charge in [-0.1, -0.05) is 18.2 Å². The van der Waals surface area contributed by atoms with Crippen LogP contribution in [-0.4, -0.2) is 42.0 Å². The van der Waals surface area contributed by atoms with Crippen LogP contribution in [0.4, 0.5) is 0 Å². The normalized spacial score (nSPS) is 16.8. The van der Waals surface area contributed by atoms with Crippen LogP contribution in [0.5, 0.6) is 11.5 Å². The number of benzene rings is 2. The highest BCUT2D eigenvalue weighted by Gasteiger charge is 2.36. The molecule has 0 saturated carbocycles. The van der Waals surface area contributed by atoms with Crippen LogP contribution >= 0.6 is 0 Å². The molecule has 5 rings (SSSR count). The van der Waals surface area contributed by atoms with Gasteiger partial charge in [-0.2, -0.15) is 0 Å². The summed E-state index contributed by atoms with van der Waals surface area (Å²) in [5.41, 5.74) is 2.20. The van der Waals surface area contributed by atoms with Crippen LogP contribution in [0.3, 0.4) is 0 Å². The topological polar surface area (TPSA) is 91.7 Å². The van der Waals surface area contributed by atoms with Crippen molar-refractivity contribution in [1.29, 1.82) is 0 Å². The molecule has 8 heteroatoms. The van der Waals surface area contributed by atoms with Gasteiger partial charge in [0.1, 0.15) is 6.54 Å². The summed E-state index contributed by atoms with van der Waals surface area (Å²) in [7, 11) is 0. The molecule has 1 N–H and O–H groups in total. The number of ether oxygens (including phenoxy) is 3. The summed E-state index contributed by atoms with van der Waals surface area (Å²) in [6.45, 7) is 3.75. The van der Waals surface area contributed by atoms with Crippen molar-refractivity contribution in [2.75, 3.05) is 26.6 Å². The van der Waals surface area contributed by atoms with Crippen LogP contribution in [0.25, 0.3) is 10.9 Å². The van der Waals surface area contributed by atoms with Gasteiger partial charge in [-0.3, -0.25) is 14.2 Å². The van der Waals surface area contributed by atoms with Crippen molar-refractivity contribution in [3.05, 3.63) is 64.2 Å². The quantitative estimate of drug-likeness (QED) is 0.661. The van der Waals surface area contributed by atoms with Crippen LogP contribution in [0.1, 0.15) is 24.0 Å². The highest BCUT2D eigenvalue weighted by molar-refractivity contribution is 5.81. The third kappa shape index (κ3) is 3.71. The summed E-state index contributed by atoms with van der Waals surface area (Å²) in [4.78, 5) is 30.0. The number of fused-ring (bicyclic) bond motifs is 2. The molecule has 1 aromatic heterocycles. The number of hydrogen-bond donors (Lipinski definition) is 1. The Morgan fingerprint density at radius 3 is 2.81 bits per heavy atom. The Hall–Kier alpha value is -3.39. The maximum Gasteiger partial charge on any atom is 0.261 e. The molecule has 1 saturated heterocycles. The molecule has 8 nitrogen and oxygen atoms in total. The predicted molar refractivity (Wildman–Crippen MR) is 118 cm³/mol. The zero-order chi connectivity index (χ0) is 22.1. The standard InChI is InChI=1S/C24H25N3O5/c1-16-3-2-4-18-22(16)26-14-27(23(18)29)12-21(28)25-13-24(7-9-30-10-8-24)17-5-6-19-20(11-17)32-15-31-19/h2-6,11,14H,7-10,12-13,15H2,1H3,(H,25,28). The third-order valence-electron chi connectivity index (χ3n) is 6.43. The van der Waals surface area contributed by atoms with Gasteiger partial charge in [0, 0.05) is 25.2 Å². The van der Waals surface area contributed by atoms with E-state index in [4.69, 9.17) is 14.2 Å². The van der Waals surface area contributed by atoms with E-state index in [-0.39, 0.29) is 30.2 Å². The van der Waals surface area contributed by atoms with E-state index >= 15 is 0 Å². The number of carbonyl (C=O) groups is 1. The van der Waals surface area contributed by atoms with Gasteiger partial charge in [0.15, 0.2) is 11.5 Å². The highest BCUT2D eigenvalue weighted by Crippen LogP contribution is 2.40. The van der Waals surface area contributed by atoms with E-state index < -0.39 is 0 Å². The Kier molecular flexibility index (Phi) is 5.30. The SMILES string of the molecule is Cc1cccc2c(=O)n(CC(=O)NCC3(c4ccc5c(c4)OCO5)CCOCC3)cnc12. The van der Waals surface area contributed by atoms with Gasteiger partial charge in [0.05, 0.1) is 17.2 Å². The number of amides is 1. The monoisotopic (exact) mass is 435 g/mol. The molecule has 1 fully saturated rings. The van der Waals surface area contributed by atoms with E-state index in [1.807, 2.05) is 37.3 Å². The minimum absolute atomic E-state index is 0.0799. The van der Waals surface area contributed by atoms with Crippen molar-refractivity contribution in [3.63, 3.8) is 0 Å². The van der Waals surface area contributed by atoms with E-state index in [0.29, 0.717) is 30.7 Å². The van der Waals surface area contributed by atoms with Crippen LogP contribution in [0.15, 0.2) is 47.5 Å². The first-order valence-electron chi connectivity index (χ1n) is 10.8. The molecule has 2 aromatic carbocycles. The zero-order valence-corrected chi connectivity index (χ0v) is 17.9. The maximum atomic E-state index is 12.8. The van der Waals surface area contributed by atoms with Crippen molar-refractivity contribution >= 4 is 16.8 Å². The summed E-state index contributed by atoms with van der Waals surface area (Å²) in [5, 5.41) is 3.56. The molecule has 166 valence electrons. The predicted octanol–water partition coefficient (Wildman–Crippen LogP) is 2.30. The van der Waals surface area contributed by atoms with Gasteiger partial charge in [0.25, 0.3) is 5.56 Å². The number of nitrogens with zero attached hydrogens (tertiary/aromatic N) is 2. The van der Waals surface area contributed by atoms with Gasteiger partial charge in [-0.15, -0.1) is 0 Å². The van der Waals surface area contributed by atoms with Gasteiger partial charge in [-0.05, 0) is 49.1 Å². The van der Waals surface area contributed by atoms with Gasteiger partial charge >= 0.3 is 0 Å². The largest absolute Gasteiger partial charge is 0.454 e. The first-order chi connectivity index (χ1) is 15.6. The van der Waals surface area contributed by atoms with Crippen molar-refractivity contribution < 1.29 is 19.0 Å². The van der Waals surface area contributed by atoms with Gasteiger partial charge < -0.3 is 19.5 Å². The number of para-hydroxylation sites is 1. The number of rotatable bonds is 5. The van der Waals surface area contributed by atoms with Crippen molar-refractivity contribution in [1.82, 2.24) is 14.9 Å². The van der Waals surface area contributed by atoms with Crippen molar-refractivity contribution in [2.45, 2.75) is 31.7 Å². The molecule has 0 aliphatic carbocycles. The fourth-order valence-electron chi connectivity index (χ4n) is 4.48. The molecule has 3 aromatic rings. The Bertz CT molecular complexity index is 1230. The van der Waals surface area contributed by atoms with E-state index in [0.717, 1.165) is 35.5 Å². The summed E-state index contributed by atoms with van der Waals surface area (Å²) in [6.07, 6.45) is 3.01. The van der Waals surface area contributed by atoms with E-state index in [2.05, 4.69) is 10.3 Å². The number of aromatic nitrogens is 2. The lowest BCUT2D eigenvalue weighted by atomic mass is 9.74.